The molecular weight excluding hydrogens is 322 g/mol. The van der Waals surface area contributed by atoms with Crippen LogP contribution >= 0.6 is 0 Å². The van der Waals surface area contributed by atoms with Crippen LogP contribution in [-0.4, -0.2) is 26.8 Å². The smallest absolute Gasteiger partial charge is 0.226 e. The standard InChI is InChI=1S/C21H23N5/c1-4-8-18-20-19(26(3)24-18)13-22-21(23-20)25(2)14-16-11-7-10-15-9-5-6-12-17(15)16/h5-7,9-13H,4,8,14H2,1-3H3. The third-order valence-electron chi connectivity index (χ3n) is 4.77. The fraction of sp³-hybridized carbons (Fsp3) is 0.286. The van der Waals surface area contributed by atoms with E-state index in [0.29, 0.717) is 0 Å². The van der Waals surface area contributed by atoms with Crippen LogP contribution in [0.25, 0.3) is 21.8 Å². The molecule has 0 aliphatic carbocycles. The summed E-state index contributed by atoms with van der Waals surface area (Å²) in [5, 5.41) is 7.13. The van der Waals surface area contributed by atoms with Gasteiger partial charge in [-0.15, -0.1) is 0 Å². The van der Waals surface area contributed by atoms with E-state index in [-0.39, 0.29) is 0 Å². The number of anilines is 1. The van der Waals surface area contributed by atoms with Gasteiger partial charge in [-0.1, -0.05) is 55.8 Å². The lowest BCUT2D eigenvalue weighted by molar-refractivity contribution is 0.752. The number of aryl methyl sites for hydroxylation is 2. The van der Waals surface area contributed by atoms with Gasteiger partial charge in [-0.25, -0.2) is 9.97 Å². The van der Waals surface area contributed by atoms with Crippen molar-refractivity contribution in [2.24, 2.45) is 7.05 Å². The van der Waals surface area contributed by atoms with Crippen LogP contribution in [0.4, 0.5) is 5.95 Å². The molecule has 2 heterocycles. The van der Waals surface area contributed by atoms with Gasteiger partial charge in [0, 0.05) is 20.6 Å². The second-order valence-electron chi connectivity index (χ2n) is 6.72. The Balaban J connectivity index is 1.69. The van der Waals surface area contributed by atoms with Gasteiger partial charge in [-0.3, -0.25) is 4.68 Å². The summed E-state index contributed by atoms with van der Waals surface area (Å²) in [5.74, 6) is 0.732. The molecule has 4 aromatic rings. The van der Waals surface area contributed by atoms with E-state index in [1.807, 2.05) is 25.0 Å². The number of aromatic nitrogens is 4. The molecule has 0 spiro atoms. The molecule has 0 amide bonds. The van der Waals surface area contributed by atoms with Crippen LogP contribution in [0.5, 0.6) is 0 Å². The first-order chi connectivity index (χ1) is 12.7. The van der Waals surface area contributed by atoms with Crippen molar-refractivity contribution in [1.82, 2.24) is 19.7 Å². The summed E-state index contributed by atoms with van der Waals surface area (Å²) in [6.45, 7) is 2.92. The Hall–Kier alpha value is -2.95. The quantitative estimate of drug-likeness (QED) is 0.546. The molecule has 132 valence electrons. The maximum absolute atomic E-state index is 4.82. The van der Waals surface area contributed by atoms with Crippen molar-refractivity contribution in [3.8, 4) is 0 Å². The molecule has 2 aromatic carbocycles. The Morgan fingerprint density at radius 1 is 1.08 bits per heavy atom. The Bertz CT molecular complexity index is 1060. The summed E-state index contributed by atoms with van der Waals surface area (Å²) in [6, 6.07) is 14.9. The molecule has 0 bridgehead atoms. The van der Waals surface area contributed by atoms with Crippen LogP contribution in [0.1, 0.15) is 24.6 Å². The molecule has 5 nitrogen and oxygen atoms in total. The Morgan fingerprint density at radius 3 is 2.73 bits per heavy atom. The second kappa shape index (κ2) is 6.75. The number of fused-ring (bicyclic) bond motifs is 2. The van der Waals surface area contributed by atoms with Crippen molar-refractivity contribution in [2.75, 3.05) is 11.9 Å². The topological polar surface area (TPSA) is 46.8 Å². The summed E-state index contributed by atoms with van der Waals surface area (Å²) >= 11 is 0. The minimum absolute atomic E-state index is 0.732. The fourth-order valence-electron chi connectivity index (χ4n) is 3.44. The van der Waals surface area contributed by atoms with Gasteiger partial charge in [-0.05, 0) is 22.8 Å². The van der Waals surface area contributed by atoms with Gasteiger partial charge in [0.15, 0.2) is 0 Å². The van der Waals surface area contributed by atoms with Gasteiger partial charge in [0.05, 0.1) is 11.9 Å². The van der Waals surface area contributed by atoms with E-state index in [9.17, 15) is 0 Å². The van der Waals surface area contributed by atoms with E-state index in [1.54, 1.807) is 0 Å². The zero-order valence-electron chi connectivity index (χ0n) is 15.5. The van der Waals surface area contributed by atoms with Crippen molar-refractivity contribution in [2.45, 2.75) is 26.3 Å². The van der Waals surface area contributed by atoms with Gasteiger partial charge in [0.2, 0.25) is 5.95 Å². The maximum Gasteiger partial charge on any atom is 0.226 e. The SMILES string of the molecule is CCCc1nn(C)c2cnc(N(C)Cc3cccc4ccccc34)nc12. The van der Waals surface area contributed by atoms with E-state index in [2.05, 4.69) is 64.4 Å². The zero-order chi connectivity index (χ0) is 18.1. The first-order valence-electron chi connectivity index (χ1n) is 9.03. The summed E-state index contributed by atoms with van der Waals surface area (Å²) in [6.07, 6.45) is 3.86. The first kappa shape index (κ1) is 16.5. The van der Waals surface area contributed by atoms with Gasteiger partial charge in [0.1, 0.15) is 11.0 Å². The minimum Gasteiger partial charge on any atom is -0.340 e. The van der Waals surface area contributed by atoms with Gasteiger partial charge >= 0.3 is 0 Å². The van der Waals surface area contributed by atoms with E-state index in [1.165, 1.54) is 16.3 Å². The maximum atomic E-state index is 4.82. The molecule has 26 heavy (non-hydrogen) atoms. The molecule has 0 radical (unpaired) electrons. The van der Waals surface area contributed by atoms with Crippen molar-refractivity contribution in [3.05, 3.63) is 59.9 Å². The molecule has 5 heteroatoms. The highest BCUT2D eigenvalue weighted by atomic mass is 15.3. The highest BCUT2D eigenvalue weighted by Crippen LogP contribution is 2.23. The predicted molar refractivity (Wildman–Crippen MR) is 106 cm³/mol. The molecule has 0 unspecified atom stereocenters. The van der Waals surface area contributed by atoms with Gasteiger partial charge in [-0.2, -0.15) is 5.10 Å². The van der Waals surface area contributed by atoms with E-state index in [0.717, 1.165) is 42.1 Å². The lowest BCUT2D eigenvalue weighted by atomic mass is 10.0. The Kier molecular flexibility index (Phi) is 4.29. The van der Waals surface area contributed by atoms with Crippen molar-refractivity contribution in [1.29, 1.82) is 0 Å². The monoisotopic (exact) mass is 345 g/mol. The molecule has 0 N–H and O–H groups in total. The summed E-state index contributed by atoms with van der Waals surface area (Å²) in [4.78, 5) is 11.5. The molecule has 4 rings (SSSR count). The zero-order valence-corrected chi connectivity index (χ0v) is 15.5. The number of nitrogens with zero attached hydrogens (tertiary/aromatic N) is 5. The third-order valence-corrected chi connectivity index (χ3v) is 4.77. The second-order valence-corrected chi connectivity index (χ2v) is 6.72. The fourth-order valence-corrected chi connectivity index (χ4v) is 3.44. The van der Waals surface area contributed by atoms with Gasteiger partial charge < -0.3 is 4.90 Å². The summed E-state index contributed by atoms with van der Waals surface area (Å²) < 4.78 is 1.87. The Morgan fingerprint density at radius 2 is 1.88 bits per heavy atom. The van der Waals surface area contributed by atoms with E-state index >= 15 is 0 Å². The lowest BCUT2D eigenvalue weighted by Crippen LogP contribution is -2.19. The van der Waals surface area contributed by atoms with Crippen LogP contribution in [0.15, 0.2) is 48.7 Å². The molecular formula is C21H23N5. The van der Waals surface area contributed by atoms with Crippen LogP contribution < -0.4 is 4.90 Å². The van der Waals surface area contributed by atoms with Crippen LogP contribution in [0.2, 0.25) is 0 Å². The van der Waals surface area contributed by atoms with Crippen molar-refractivity contribution < 1.29 is 0 Å². The average Bonchev–Trinajstić information content (AvgIpc) is 2.97. The molecule has 0 fully saturated rings. The Labute approximate surface area is 153 Å². The molecule has 0 atom stereocenters. The average molecular weight is 345 g/mol. The summed E-state index contributed by atoms with van der Waals surface area (Å²) in [5.41, 5.74) is 4.27. The van der Waals surface area contributed by atoms with Crippen molar-refractivity contribution >= 4 is 27.8 Å². The number of benzene rings is 2. The normalized spacial score (nSPS) is 11.3. The predicted octanol–water partition coefficient (Wildman–Crippen LogP) is 4.11. The number of rotatable bonds is 5. The minimum atomic E-state index is 0.732. The number of hydrogen-bond acceptors (Lipinski definition) is 4. The highest BCUT2D eigenvalue weighted by molar-refractivity contribution is 5.86. The molecule has 0 saturated carbocycles. The van der Waals surface area contributed by atoms with E-state index in [4.69, 9.17) is 4.98 Å². The lowest BCUT2D eigenvalue weighted by Gasteiger charge is -2.18. The third kappa shape index (κ3) is 2.90. The van der Waals surface area contributed by atoms with E-state index < -0.39 is 0 Å². The summed E-state index contributed by atoms with van der Waals surface area (Å²) in [7, 11) is 3.99. The van der Waals surface area contributed by atoms with Crippen LogP contribution in [0, 0.1) is 0 Å². The molecule has 0 aliphatic heterocycles. The largest absolute Gasteiger partial charge is 0.340 e. The van der Waals surface area contributed by atoms with Crippen LogP contribution in [0.3, 0.4) is 0 Å². The molecule has 0 aliphatic rings. The first-order valence-corrected chi connectivity index (χ1v) is 9.03. The van der Waals surface area contributed by atoms with Gasteiger partial charge in [0.25, 0.3) is 0 Å². The van der Waals surface area contributed by atoms with Crippen LogP contribution in [-0.2, 0) is 20.0 Å². The molecule has 0 saturated heterocycles. The number of hydrogen-bond donors (Lipinski definition) is 0. The molecule has 2 aromatic heterocycles. The van der Waals surface area contributed by atoms with Crippen molar-refractivity contribution in [3.63, 3.8) is 0 Å². The highest BCUT2D eigenvalue weighted by Gasteiger charge is 2.14.